The molecule has 0 saturated heterocycles. The minimum absolute atomic E-state index is 0.187. The van der Waals surface area contributed by atoms with Gasteiger partial charge in [0.05, 0.1) is 12.2 Å². The first-order valence-electron chi connectivity index (χ1n) is 8.07. The highest BCUT2D eigenvalue weighted by atomic mass is 16.4. The summed E-state index contributed by atoms with van der Waals surface area (Å²) in [6, 6.07) is 8.68. The second-order valence-electron chi connectivity index (χ2n) is 6.43. The molecule has 0 aliphatic heterocycles. The van der Waals surface area contributed by atoms with Gasteiger partial charge in [-0.3, -0.25) is 4.79 Å². The summed E-state index contributed by atoms with van der Waals surface area (Å²) < 4.78 is 5.58. The van der Waals surface area contributed by atoms with Gasteiger partial charge in [0, 0.05) is 17.5 Å². The second kappa shape index (κ2) is 6.53. The molecule has 2 N–H and O–H groups in total. The molecule has 1 aromatic carbocycles. The molecule has 0 amide bonds. The van der Waals surface area contributed by atoms with Crippen LogP contribution in [0.1, 0.15) is 38.2 Å². The van der Waals surface area contributed by atoms with Gasteiger partial charge in [0.2, 0.25) is 0 Å². The predicted molar refractivity (Wildman–Crippen MR) is 85.9 cm³/mol. The SMILES string of the molecule is CC(Cc1coc2ccccc12)N[C@@H]1CCC[C@H](C(=O)O)C1. The average molecular weight is 301 g/mol. The molecule has 4 nitrogen and oxygen atoms in total. The molecule has 0 bridgehead atoms. The van der Waals surface area contributed by atoms with E-state index in [1.807, 2.05) is 24.5 Å². The molecule has 118 valence electrons. The maximum atomic E-state index is 11.1. The molecular formula is C18H23NO3. The number of nitrogens with one attached hydrogen (secondary N) is 1. The third-order valence-corrected chi connectivity index (χ3v) is 4.63. The van der Waals surface area contributed by atoms with Gasteiger partial charge < -0.3 is 14.8 Å². The first kappa shape index (κ1) is 15.1. The highest BCUT2D eigenvalue weighted by Gasteiger charge is 2.27. The molecule has 0 radical (unpaired) electrons. The molecule has 3 atom stereocenters. The van der Waals surface area contributed by atoms with Crippen LogP contribution in [0.3, 0.4) is 0 Å². The Bertz CT molecular complexity index is 649. The van der Waals surface area contributed by atoms with E-state index >= 15 is 0 Å². The Hall–Kier alpha value is -1.81. The van der Waals surface area contributed by atoms with Crippen LogP contribution >= 0.6 is 0 Å². The van der Waals surface area contributed by atoms with Crippen molar-refractivity contribution < 1.29 is 14.3 Å². The van der Waals surface area contributed by atoms with E-state index < -0.39 is 5.97 Å². The van der Waals surface area contributed by atoms with Crippen molar-refractivity contribution in [2.75, 3.05) is 0 Å². The Morgan fingerprint density at radius 1 is 1.41 bits per heavy atom. The van der Waals surface area contributed by atoms with Crippen LogP contribution in [0.2, 0.25) is 0 Å². The minimum Gasteiger partial charge on any atom is -0.481 e. The third kappa shape index (κ3) is 3.33. The molecule has 1 aromatic heterocycles. The number of para-hydroxylation sites is 1. The van der Waals surface area contributed by atoms with E-state index in [4.69, 9.17) is 4.42 Å². The Labute approximate surface area is 130 Å². The summed E-state index contributed by atoms with van der Waals surface area (Å²) in [7, 11) is 0. The van der Waals surface area contributed by atoms with E-state index in [-0.39, 0.29) is 5.92 Å². The molecule has 22 heavy (non-hydrogen) atoms. The minimum atomic E-state index is -0.653. The molecule has 4 heteroatoms. The zero-order chi connectivity index (χ0) is 15.5. The lowest BCUT2D eigenvalue weighted by molar-refractivity contribution is -0.143. The molecule has 3 rings (SSSR count). The van der Waals surface area contributed by atoms with Gasteiger partial charge in [-0.2, -0.15) is 0 Å². The number of benzene rings is 1. The van der Waals surface area contributed by atoms with Gasteiger partial charge in [-0.25, -0.2) is 0 Å². The van der Waals surface area contributed by atoms with E-state index in [0.29, 0.717) is 12.1 Å². The van der Waals surface area contributed by atoms with Crippen LogP contribution in [-0.2, 0) is 11.2 Å². The standard InChI is InChI=1S/C18H23NO3/c1-12(19-15-6-4-5-13(10-15)18(20)21)9-14-11-22-17-8-3-2-7-16(14)17/h2-3,7-8,11-13,15,19H,4-6,9-10H2,1H3,(H,20,21)/t12?,13-,15+/m0/s1. The quantitative estimate of drug-likeness (QED) is 0.886. The lowest BCUT2D eigenvalue weighted by Gasteiger charge is -2.30. The fourth-order valence-corrected chi connectivity index (χ4v) is 3.55. The van der Waals surface area contributed by atoms with Gasteiger partial charge in [0.25, 0.3) is 0 Å². The van der Waals surface area contributed by atoms with E-state index in [9.17, 15) is 9.90 Å². The summed E-state index contributed by atoms with van der Waals surface area (Å²) in [6.07, 6.45) is 6.35. The van der Waals surface area contributed by atoms with Crippen molar-refractivity contribution in [1.82, 2.24) is 5.32 Å². The van der Waals surface area contributed by atoms with Gasteiger partial charge in [0.15, 0.2) is 0 Å². The summed E-state index contributed by atoms with van der Waals surface area (Å²) in [4.78, 5) is 11.1. The fourth-order valence-electron chi connectivity index (χ4n) is 3.55. The molecule has 2 aromatic rings. The van der Waals surface area contributed by atoms with Crippen LogP contribution in [-0.4, -0.2) is 23.2 Å². The summed E-state index contributed by atoms with van der Waals surface area (Å²) in [5, 5.41) is 13.9. The summed E-state index contributed by atoms with van der Waals surface area (Å²) in [6.45, 7) is 2.16. The lowest BCUT2D eigenvalue weighted by atomic mass is 9.85. The highest BCUT2D eigenvalue weighted by Crippen LogP contribution is 2.26. The molecule has 1 heterocycles. The van der Waals surface area contributed by atoms with Crippen LogP contribution in [0.5, 0.6) is 0 Å². The molecule has 1 aliphatic carbocycles. The van der Waals surface area contributed by atoms with Crippen LogP contribution in [0.15, 0.2) is 34.9 Å². The van der Waals surface area contributed by atoms with Crippen molar-refractivity contribution >= 4 is 16.9 Å². The second-order valence-corrected chi connectivity index (χ2v) is 6.43. The normalized spacial score (nSPS) is 23.5. The molecule has 0 spiro atoms. The Balaban J connectivity index is 1.60. The van der Waals surface area contributed by atoms with Crippen LogP contribution in [0, 0.1) is 5.92 Å². The smallest absolute Gasteiger partial charge is 0.306 e. The first-order valence-corrected chi connectivity index (χ1v) is 8.07. The van der Waals surface area contributed by atoms with Crippen molar-refractivity contribution in [2.45, 2.75) is 51.1 Å². The zero-order valence-electron chi connectivity index (χ0n) is 12.9. The lowest BCUT2D eigenvalue weighted by Crippen LogP contribution is -2.41. The number of hydrogen-bond donors (Lipinski definition) is 2. The summed E-state index contributed by atoms with van der Waals surface area (Å²) >= 11 is 0. The number of hydrogen-bond acceptors (Lipinski definition) is 3. The molecule has 1 fully saturated rings. The number of carbonyl (C=O) groups is 1. The summed E-state index contributed by atoms with van der Waals surface area (Å²) in [5.74, 6) is -0.840. The van der Waals surface area contributed by atoms with E-state index in [2.05, 4.69) is 18.3 Å². The number of furan rings is 1. The zero-order valence-corrected chi connectivity index (χ0v) is 12.9. The topological polar surface area (TPSA) is 62.5 Å². The number of carboxylic acid groups (broad SMARTS) is 1. The maximum Gasteiger partial charge on any atom is 0.306 e. The van der Waals surface area contributed by atoms with Crippen LogP contribution in [0.4, 0.5) is 0 Å². The van der Waals surface area contributed by atoms with E-state index in [0.717, 1.165) is 37.7 Å². The van der Waals surface area contributed by atoms with Gasteiger partial charge >= 0.3 is 5.97 Å². The molecule has 1 saturated carbocycles. The molecule has 1 unspecified atom stereocenters. The number of rotatable bonds is 5. The fraction of sp³-hybridized carbons (Fsp3) is 0.500. The van der Waals surface area contributed by atoms with Gasteiger partial charge in [-0.05, 0) is 44.2 Å². The monoisotopic (exact) mass is 301 g/mol. The molecule has 1 aliphatic rings. The van der Waals surface area contributed by atoms with Crippen LogP contribution in [0.25, 0.3) is 11.0 Å². The van der Waals surface area contributed by atoms with Gasteiger partial charge in [-0.1, -0.05) is 24.6 Å². The van der Waals surface area contributed by atoms with Crippen molar-refractivity contribution in [1.29, 1.82) is 0 Å². The Morgan fingerprint density at radius 3 is 3.05 bits per heavy atom. The number of fused-ring (bicyclic) bond motifs is 1. The Kier molecular flexibility index (Phi) is 4.48. The maximum absolute atomic E-state index is 11.1. The summed E-state index contributed by atoms with van der Waals surface area (Å²) in [5.41, 5.74) is 2.13. The van der Waals surface area contributed by atoms with E-state index in [1.165, 1.54) is 10.9 Å². The molecular weight excluding hydrogens is 278 g/mol. The average Bonchev–Trinajstić information content (AvgIpc) is 2.91. The van der Waals surface area contributed by atoms with Crippen molar-refractivity contribution in [3.05, 3.63) is 36.1 Å². The Morgan fingerprint density at radius 2 is 2.23 bits per heavy atom. The van der Waals surface area contributed by atoms with Crippen LogP contribution < -0.4 is 5.32 Å². The van der Waals surface area contributed by atoms with Crippen molar-refractivity contribution in [3.8, 4) is 0 Å². The first-order chi connectivity index (χ1) is 10.6. The number of carboxylic acids is 1. The van der Waals surface area contributed by atoms with Crippen molar-refractivity contribution in [3.63, 3.8) is 0 Å². The van der Waals surface area contributed by atoms with Gasteiger partial charge in [0.1, 0.15) is 5.58 Å². The largest absolute Gasteiger partial charge is 0.481 e. The predicted octanol–water partition coefficient (Wildman–Crippen LogP) is 3.60. The van der Waals surface area contributed by atoms with Gasteiger partial charge in [-0.15, -0.1) is 0 Å². The van der Waals surface area contributed by atoms with E-state index in [1.54, 1.807) is 0 Å². The highest BCUT2D eigenvalue weighted by molar-refractivity contribution is 5.80. The third-order valence-electron chi connectivity index (χ3n) is 4.63. The number of aliphatic carboxylic acids is 1. The van der Waals surface area contributed by atoms with Crippen molar-refractivity contribution in [2.24, 2.45) is 5.92 Å².